The molecule has 3 heteroatoms. The summed E-state index contributed by atoms with van der Waals surface area (Å²) in [5.41, 5.74) is 10.7. The van der Waals surface area contributed by atoms with Gasteiger partial charge in [0.05, 0.1) is 0 Å². The van der Waals surface area contributed by atoms with Crippen LogP contribution in [0.4, 0.5) is 0 Å². The molecular weight excluding hydrogens is 288 g/mol. The SMILES string of the molecule is Cc1cc(C(N)Cc2ccc(Br)cc2)cc(C)n1. The van der Waals surface area contributed by atoms with Crippen LogP contribution >= 0.6 is 15.9 Å². The molecular formula is C15H17BrN2. The first-order valence-corrected chi connectivity index (χ1v) is 6.79. The van der Waals surface area contributed by atoms with E-state index in [-0.39, 0.29) is 6.04 Å². The Labute approximate surface area is 116 Å². The Balaban J connectivity index is 2.16. The van der Waals surface area contributed by atoms with Crippen molar-refractivity contribution in [2.24, 2.45) is 5.73 Å². The van der Waals surface area contributed by atoms with Gasteiger partial charge in [0.25, 0.3) is 0 Å². The van der Waals surface area contributed by atoms with Gasteiger partial charge in [-0.25, -0.2) is 0 Å². The quantitative estimate of drug-likeness (QED) is 0.939. The second-order valence-corrected chi connectivity index (χ2v) is 5.54. The zero-order valence-electron chi connectivity index (χ0n) is 10.7. The highest BCUT2D eigenvalue weighted by Crippen LogP contribution is 2.19. The second-order valence-electron chi connectivity index (χ2n) is 4.62. The smallest absolute Gasteiger partial charge is 0.0379 e. The number of nitrogens with zero attached hydrogens (tertiary/aromatic N) is 1. The minimum atomic E-state index is 0.0200. The van der Waals surface area contributed by atoms with Crippen molar-refractivity contribution >= 4 is 15.9 Å². The zero-order valence-corrected chi connectivity index (χ0v) is 12.2. The summed E-state index contributed by atoms with van der Waals surface area (Å²) < 4.78 is 1.09. The number of aromatic nitrogens is 1. The molecule has 2 aromatic rings. The van der Waals surface area contributed by atoms with Crippen LogP contribution in [0.5, 0.6) is 0 Å². The standard InChI is InChI=1S/C15H17BrN2/c1-10-7-13(8-11(2)18-10)15(17)9-12-3-5-14(16)6-4-12/h3-8,15H,9,17H2,1-2H3. The number of benzene rings is 1. The van der Waals surface area contributed by atoms with Crippen molar-refractivity contribution in [2.75, 3.05) is 0 Å². The Morgan fingerprint density at radius 1 is 1.11 bits per heavy atom. The summed E-state index contributed by atoms with van der Waals surface area (Å²) in [5, 5.41) is 0. The number of nitrogens with two attached hydrogens (primary N) is 1. The van der Waals surface area contributed by atoms with Crippen LogP contribution in [-0.2, 0) is 6.42 Å². The number of rotatable bonds is 3. The minimum Gasteiger partial charge on any atom is -0.324 e. The second kappa shape index (κ2) is 5.63. The lowest BCUT2D eigenvalue weighted by atomic mass is 9.99. The van der Waals surface area contributed by atoms with Gasteiger partial charge in [-0.3, -0.25) is 4.98 Å². The summed E-state index contributed by atoms with van der Waals surface area (Å²) in [4.78, 5) is 4.37. The average molecular weight is 305 g/mol. The molecule has 0 saturated heterocycles. The number of halogens is 1. The van der Waals surface area contributed by atoms with Gasteiger partial charge in [0.15, 0.2) is 0 Å². The topological polar surface area (TPSA) is 38.9 Å². The Hall–Kier alpha value is -1.19. The van der Waals surface area contributed by atoms with E-state index in [1.807, 2.05) is 26.0 Å². The molecule has 0 fully saturated rings. The van der Waals surface area contributed by atoms with E-state index in [4.69, 9.17) is 5.73 Å². The van der Waals surface area contributed by atoms with Gasteiger partial charge in [-0.05, 0) is 55.7 Å². The van der Waals surface area contributed by atoms with E-state index in [2.05, 4.69) is 45.2 Å². The highest BCUT2D eigenvalue weighted by atomic mass is 79.9. The molecule has 0 saturated carbocycles. The maximum absolute atomic E-state index is 6.26. The largest absolute Gasteiger partial charge is 0.324 e. The van der Waals surface area contributed by atoms with Crippen molar-refractivity contribution in [2.45, 2.75) is 26.3 Å². The van der Waals surface area contributed by atoms with Crippen LogP contribution in [0.25, 0.3) is 0 Å². The normalized spacial score (nSPS) is 12.4. The van der Waals surface area contributed by atoms with Gasteiger partial charge < -0.3 is 5.73 Å². The van der Waals surface area contributed by atoms with E-state index in [1.165, 1.54) is 5.56 Å². The fourth-order valence-electron chi connectivity index (χ4n) is 2.07. The summed E-state index contributed by atoms with van der Waals surface area (Å²) in [6, 6.07) is 12.4. The third-order valence-corrected chi connectivity index (χ3v) is 3.43. The third kappa shape index (κ3) is 3.40. The van der Waals surface area contributed by atoms with Gasteiger partial charge in [-0.1, -0.05) is 28.1 Å². The summed E-state index contributed by atoms with van der Waals surface area (Å²) in [6.07, 6.45) is 0.843. The van der Waals surface area contributed by atoms with Crippen molar-refractivity contribution in [1.29, 1.82) is 0 Å². The van der Waals surface area contributed by atoms with Gasteiger partial charge in [0.1, 0.15) is 0 Å². The number of hydrogen-bond acceptors (Lipinski definition) is 2. The molecule has 1 unspecified atom stereocenters. The van der Waals surface area contributed by atoms with Gasteiger partial charge in [-0.15, -0.1) is 0 Å². The zero-order chi connectivity index (χ0) is 13.1. The van der Waals surface area contributed by atoms with Crippen LogP contribution in [-0.4, -0.2) is 4.98 Å². The van der Waals surface area contributed by atoms with Gasteiger partial charge in [0.2, 0.25) is 0 Å². The van der Waals surface area contributed by atoms with Crippen molar-refractivity contribution in [1.82, 2.24) is 4.98 Å². The number of pyridine rings is 1. The molecule has 2 rings (SSSR count). The lowest BCUT2D eigenvalue weighted by Gasteiger charge is -2.13. The molecule has 1 aromatic heterocycles. The fourth-order valence-corrected chi connectivity index (χ4v) is 2.34. The Morgan fingerprint density at radius 3 is 2.22 bits per heavy atom. The van der Waals surface area contributed by atoms with Crippen LogP contribution in [0.2, 0.25) is 0 Å². The molecule has 1 atom stereocenters. The van der Waals surface area contributed by atoms with Crippen LogP contribution in [0.15, 0.2) is 40.9 Å². The summed E-state index contributed by atoms with van der Waals surface area (Å²) >= 11 is 3.44. The predicted molar refractivity (Wildman–Crippen MR) is 78.5 cm³/mol. The lowest BCUT2D eigenvalue weighted by Crippen LogP contribution is -2.14. The molecule has 2 N–H and O–H groups in total. The minimum absolute atomic E-state index is 0.0200. The molecule has 2 nitrogen and oxygen atoms in total. The molecule has 0 aliphatic carbocycles. The van der Waals surface area contributed by atoms with E-state index < -0.39 is 0 Å². The number of hydrogen-bond donors (Lipinski definition) is 1. The Kier molecular flexibility index (Phi) is 4.15. The van der Waals surface area contributed by atoms with E-state index in [1.54, 1.807) is 0 Å². The molecule has 1 heterocycles. The first kappa shape index (κ1) is 13.2. The maximum atomic E-state index is 6.26. The van der Waals surface area contributed by atoms with Gasteiger partial charge >= 0.3 is 0 Å². The molecule has 1 aromatic carbocycles. The van der Waals surface area contributed by atoms with Gasteiger partial charge in [0, 0.05) is 21.9 Å². The predicted octanol–water partition coefficient (Wildman–Crippen LogP) is 3.70. The van der Waals surface area contributed by atoms with Crippen LogP contribution in [0.1, 0.15) is 28.6 Å². The molecule has 0 aliphatic rings. The third-order valence-electron chi connectivity index (χ3n) is 2.90. The maximum Gasteiger partial charge on any atom is 0.0379 e. The van der Waals surface area contributed by atoms with Crippen molar-refractivity contribution in [3.8, 4) is 0 Å². The monoisotopic (exact) mass is 304 g/mol. The van der Waals surface area contributed by atoms with Gasteiger partial charge in [-0.2, -0.15) is 0 Å². The van der Waals surface area contributed by atoms with E-state index in [0.717, 1.165) is 27.8 Å². The van der Waals surface area contributed by atoms with Crippen LogP contribution in [0.3, 0.4) is 0 Å². The van der Waals surface area contributed by atoms with Crippen molar-refractivity contribution < 1.29 is 0 Å². The Morgan fingerprint density at radius 2 is 1.67 bits per heavy atom. The average Bonchev–Trinajstić information content (AvgIpc) is 2.31. The van der Waals surface area contributed by atoms with E-state index in [0.29, 0.717) is 0 Å². The summed E-state index contributed by atoms with van der Waals surface area (Å²) in [7, 11) is 0. The molecule has 0 bridgehead atoms. The fraction of sp³-hybridized carbons (Fsp3) is 0.267. The van der Waals surface area contributed by atoms with Crippen molar-refractivity contribution in [3.05, 3.63) is 63.4 Å². The highest BCUT2D eigenvalue weighted by molar-refractivity contribution is 9.10. The molecule has 0 aliphatic heterocycles. The molecule has 0 radical (unpaired) electrons. The summed E-state index contributed by atoms with van der Waals surface area (Å²) in [6.45, 7) is 4.01. The number of aryl methyl sites for hydroxylation is 2. The molecule has 94 valence electrons. The first-order chi connectivity index (χ1) is 8.54. The molecule has 18 heavy (non-hydrogen) atoms. The van der Waals surface area contributed by atoms with Crippen molar-refractivity contribution in [3.63, 3.8) is 0 Å². The van der Waals surface area contributed by atoms with E-state index >= 15 is 0 Å². The molecule has 0 spiro atoms. The lowest BCUT2D eigenvalue weighted by molar-refractivity contribution is 0.717. The Bertz CT molecular complexity index is 514. The molecule has 0 amide bonds. The van der Waals surface area contributed by atoms with Crippen LogP contribution in [0, 0.1) is 13.8 Å². The highest BCUT2D eigenvalue weighted by Gasteiger charge is 2.08. The van der Waals surface area contributed by atoms with E-state index in [9.17, 15) is 0 Å². The first-order valence-electron chi connectivity index (χ1n) is 6.00. The summed E-state index contributed by atoms with van der Waals surface area (Å²) in [5.74, 6) is 0. The van der Waals surface area contributed by atoms with Crippen LogP contribution < -0.4 is 5.73 Å².